The highest BCUT2D eigenvalue weighted by atomic mass is 32.1. The van der Waals surface area contributed by atoms with Crippen molar-refractivity contribution in [3.63, 3.8) is 0 Å². The zero-order valence-electron chi connectivity index (χ0n) is 11.1. The first-order valence-electron chi connectivity index (χ1n) is 6.16. The molecule has 1 N–H and O–H groups in total. The van der Waals surface area contributed by atoms with Crippen molar-refractivity contribution < 1.29 is 9.47 Å². The number of hydrogen-bond donors (Lipinski definition) is 1. The van der Waals surface area contributed by atoms with Crippen LogP contribution in [-0.4, -0.2) is 25.3 Å². The van der Waals surface area contributed by atoms with E-state index >= 15 is 0 Å². The maximum atomic E-state index is 5.58. The minimum atomic E-state index is 0.238. The summed E-state index contributed by atoms with van der Waals surface area (Å²) in [5.41, 5.74) is 2.88. The van der Waals surface area contributed by atoms with E-state index in [-0.39, 0.29) is 6.04 Å². The summed E-state index contributed by atoms with van der Waals surface area (Å²) in [6.45, 7) is 3.27. The van der Waals surface area contributed by atoms with Crippen molar-refractivity contribution in [2.45, 2.75) is 13.0 Å². The monoisotopic (exact) mass is 278 g/mol. The molecule has 2 rings (SSSR count). The van der Waals surface area contributed by atoms with E-state index in [1.54, 1.807) is 18.4 Å². The van der Waals surface area contributed by atoms with Gasteiger partial charge >= 0.3 is 0 Å². The molecule has 0 radical (unpaired) electrons. The lowest BCUT2D eigenvalue weighted by Gasteiger charge is -2.14. The lowest BCUT2D eigenvalue weighted by Crippen LogP contribution is -2.06. The molecule has 1 heterocycles. The molecule has 0 saturated heterocycles. The molecule has 1 unspecified atom stereocenters. The first kappa shape index (κ1) is 13.8. The van der Waals surface area contributed by atoms with E-state index in [0.29, 0.717) is 13.2 Å². The van der Waals surface area contributed by atoms with Gasteiger partial charge in [-0.1, -0.05) is 6.07 Å². The lowest BCUT2D eigenvalue weighted by atomic mass is 10.2. The van der Waals surface area contributed by atoms with Crippen LogP contribution in [0.5, 0.6) is 5.75 Å². The third kappa shape index (κ3) is 4.22. The number of benzene rings is 1. The van der Waals surface area contributed by atoms with Gasteiger partial charge < -0.3 is 14.8 Å². The SMILES string of the molecule is COCCOc1cccc(NC(C)c2cncs2)c1. The second-order valence-corrected chi connectivity index (χ2v) is 5.06. The third-order valence-corrected chi connectivity index (χ3v) is 3.61. The second-order valence-electron chi connectivity index (χ2n) is 4.14. The molecule has 4 nitrogen and oxygen atoms in total. The predicted molar refractivity (Wildman–Crippen MR) is 78.0 cm³/mol. The van der Waals surface area contributed by atoms with Crippen molar-refractivity contribution in [1.29, 1.82) is 0 Å². The molecule has 0 fully saturated rings. The number of methoxy groups -OCH3 is 1. The van der Waals surface area contributed by atoms with Crippen molar-refractivity contribution in [1.82, 2.24) is 4.98 Å². The van der Waals surface area contributed by atoms with E-state index < -0.39 is 0 Å². The summed E-state index contributed by atoms with van der Waals surface area (Å²) in [6, 6.07) is 8.18. The fraction of sp³-hybridized carbons (Fsp3) is 0.357. The van der Waals surface area contributed by atoms with E-state index in [4.69, 9.17) is 9.47 Å². The van der Waals surface area contributed by atoms with E-state index in [9.17, 15) is 0 Å². The molecule has 1 aromatic heterocycles. The number of rotatable bonds is 7. The van der Waals surface area contributed by atoms with Crippen LogP contribution >= 0.6 is 11.3 Å². The van der Waals surface area contributed by atoms with E-state index in [1.807, 2.05) is 36.0 Å². The molecule has 0 amide bonds. The normalized spacial score (nSPS) is 12.1. The maximum absolute atomic E-state index is 5.58. The number of ether oxygens (including phenoxy) is 2. The minimum Gasteiger partial charge on any atom is -0.491 e. The van der Waals surface area contributed by atoms with Crippen molar-refractivity contribution in [2.75, 3.05) is 25.6 Å². The summed E-state index contributed by atoms with van der Waals surface area (Å²) >= 11 is 1.65. The summed E-state index contributed by atoms with van der Waals surface area (Å²) in [5, 5.41) is 3.43. The van der Waals surface area contributed by atoms with Crippen LogP contribution in [0.15, 0.2) is 36.0 Å². The predicted octanol–water partition coefficient (Wildman–Crippen LogP) is 3.34. The molecule has 0 aliphatic rings. The number of anilines is 1. The average molecular weight is 278 g/mol. The van der Waals surface area contributed by atoms with Crippen LogP contribution in [0.1, 0.15) is 17.8 Å². The highest BCUT2D eigenvalue weighted by Gasteiger charge is 2.07. The van der Waals surface area contributed by atoms with Gasteiger partial charge in [0.05, 0.1) is 18.2 Å². The van der Waals surface area contributed by atoms with Crippen LogP contribution in [0.3, 0.4) is 0 Å². The van der Waals surface area contributed by atoms with Gasteiger partial charge in [0.25, 0.3) is 0 Å². The largest absolute Gasteiger partial charge is 0.491 e. The highest BCUT2D eigenvalue weighted by molar-refractivity contribution is 7.09. The van der Waals surface area contributed by atoms with Crippen LogP contribution in [0.4, 0.5) is 5.69 Å². The summed E-state index contributed by atoms with van der Waals surface area (Å²) in [5.74, 6) is 0.846. The number of nitrogens with zero attached hydrogens (tertiary/aromatic N) is 1. The average Bonchev–Trinajstić information content (AvgIpc) is 2.93. The van der Waals surface area contributed by atoms with Gasteiger partial charge in [0.2, 0.25) is 0 Å². The zero-order chi connectivity index (χ0) is 13.5. The Labute approximate surface area is 117 Å². The molecule has 0 spiro atoms. The van der Waals surface area contributed by atoms with E-state index in [2.05, 4.69) is 17.2 Å². The Hall–Kier alpha value is -1.59. The standard InChI is InChI=1S/C14H18N2O2S/c1-11(14-9-15-10-19-14)16-12-4-3-5-13(8-12)18-7-6-17-2/h3-5,8-11,16H,6-7H2,1-2H3. The molecule has 1 atom stereocenters. The Kier molecular flexibility index (Phi) is 5.18. The van der Waals surface area contributed by atoms with Gasteiger partial charge in [-0.15, -0.1) is 11.3 Å². The fourth-order valence-corrected chi connectivity index (χ4v) is 2.31. The highest BCUT2D eigenvalue weighted by Crippen LogP contribution is 2.24. The molecule has 5 heteroatoms. The molecule has 0 bridgehead atoms. The summed E-state index contributed by atoms with van der Waals surface area (Å²) in [6.07, 6.45) is 1.89. The first-order chi connectivity index (χ1) is 9.29. The van der Waals surface area contributed by atoms with E-state index in [1.165, 1.54) is 4.88 Å². The Bertz CT molecular complexity index is 488. The van der Waals surface area contributed by atoms with Crippen molar-refractivity contribution >= 4 is 17.0 Å². The molecule has 19 heavy (non-hydrogen) atoms. The smallest absolute Gasteiger partial charge is 0.121 e. The summed E-state index contributed by atoms with van der Waals surface area (Å²) in [7, 11) is 1.66. The lowest BCUT2D eigenvalue weighted by molar-refractivity contribution is 0.146. The maximum Gasteiger partial charge on any atom is 0.121 e. The van der Waals surface area contributed by atoms with Gasteiger partial charge in [-0.2, -0.15) is 0 Å². The van der Waals surface area contributed by atoms with Crippen LogP contribution in [0.2, 0.25) is 0 Å². The molecule has 1 aromatic carbocycles. The number of nitrogens with one attached hydrogen (secondary N) is 1. The van der Waals surface area contributed by atoms with E-state index in [0.717, 1.165) is 11.4 Å². The molecular weight excluding hydrogens is 260 g/mol. The number of thiazole rings is 1. The molecule has 0 aliphatic carbocycles. The van der Waals surface area contributed by atoms with Crippen LogP contribution in [-0.2, 0) is 4.74 Å². The van der Waals surface area contributed by atoms with Gasteiger partial charge in [-0.25, -0.2) is 0 Å². The Balaban J connectivity index is 1.95. The Morgan fingerprint density at radius 3 is 3.00 bits per heavy atom. The van der Waals surface area contributed by atoms with Crippen LogP contribution in [0.25, 0.3) is 0 Å². The molecule has 2 aromatic rings. The molecular formula is C14H18N2O2S. The van der Waals surface area contributed by atoms with Crippen LogP contribution in [0, 0.1) is 0 Å². The van der Waals surface area contributed by atoms with Crippen LogP contribution < -0.4 is 10.1 Å². The Morgan fingerprint density at radius 1 is 1.37 bits per heavy atom. The zero-order valence-corrected chi connectivity index (χ0v) is 11.9. The van der Waals surface area contributed by atoms with Gasteiger partial charge in [-0.3, -0.25) is 4.98 Å². The van der Waals surface area contributed by atoms with Crippen molar-refractivity contribution in [3.8, 4) is 5.75 Å². The summed E-state index contributed by atoms with van der Waals surface area (Å²) < 4.78 is 10.5. The van der Waals surface area contributed by atoms with Gasteiger partial charge in [0, 0.05) is 29.9 Å². The van der Waals surface area contributed by atoms with Crippen molar-refractivity contribution in [3.05, 3.63) is 40.8 Å². The van der Waals surface area contributed by atoms with Crippen molar-refractivity contribution in [2.24, 2.45) is 0 Å². The van der Waals surface area contributed by atoms with Gasteiger partial charge in [-0.05, 0) is 19.1 Å². The first-order valence-corrected chi connectivity index (χ1v) is 7.04. The second kappa shape index (κ2) is 7.11. The Morgan fingerprint density at radius 2 is 2.26 bits per heavy atom. The number of hydrogen-bond acceptors (Lipinski definition) is 5. The summed E-state index contributed by atoms with van der Waals surface area (Å²) in [4.78, 5) is 5.31. The fourth-order valence-electron chi connectivity index (χ4n) is 1.68. The third-order valence-electron chi connectivity index (χ3n) is 2.65. The number of aromatic nitrogens is 1. The molecule has 102 valence electrons. The molecule has 0 saturated carbocycles. The van der Waals surface area contributed by atoms with Gasteiger partial charge in [0.1, 0.15) is 12.4 Å². The quantitative estimate of drug-likeness (QED) is 0.789. The topological polar surface area (TPSA) is 43.4 Å². The molecule has 0 aliphatic heterocycles. The minimum absolute atomic E-state index is 0.238. The van der Waals surface area contributed by atoms with Gasteiger partial charge in [0.15, 0.2) is 0 Å².